The van der Waals surface area contributed by atoms with E-state index in [1.165, 1.54) is 83.5 Å². The van der Waals surface area contributed by atoms with E-state index in [0.29, 0.717) is 10.8 Å². The van der Waals surface area contributed by atoms with Gasteiger partial charge in [-0.1, -0.05) is 85.5 Å². The van der Waals surface area contributed by atoms with Crippen molar-refractivity contribution in [1.29, 1.82) is 0 Å². The first-order valence-electron chi connectivity index (χ1n) is 10.6. The van der Waals surface area contributed by atoms with E-state index in [0.717, 1.165) is 12.5 Å². The van der Waals surface area contributed by atoms with Gasteiger partial charge in [-0.05, 0) is 37.0 Å². The summed E-state index contributed by atoms with van der Waals surface area (Å²) in [5.74, 6) is 0.902. The molecule has 2 saturated carbocycles. The molecule has 134 valence electrons. The molecule has 0 N–H and O–H groups in total. The molecule has 0 spiro atoms. The van der Waals surface area contributed by atoms with Gasteiger partial charge < -0.3 is 0 Å². The minimum atomic E-state index is 0.413. The number of nitrogens with zero attached hydrogens (tertiary/aromatic N) is 1. The van der Waals surface area contributed by atoms with Crippen molar-refractivity contribution in [3.63, 3.8) is 0 Å². The Kier molecular flexibility index (Phi) is 7.17. The molecule has 0 aliphatic heterocycles. The SMILES string of the molecule is CCCCCCCCCCCCN=C1CC2CCC1(C)C2(C)C. The summed E-state index contributed by atoms with van der Waals surface area (Å²) < 4.78 is 0. The lowest BCUT2D eigenvalue weighted by atomic mass is 9.70. The maximum absolute atomic E-state index is 5.06. The smallest absolute Gasteiger partial charge is 0.0388 e. The molecule has 1 heteroatoms. The fraction of sp³-hybridized carbons (Fsp3) is 0.955. The third-order valence-electron chi connectivity index (χ3n) is 7.33. The van der Waals surface area contributed by atoms with Crippen LogP contribution in [0.4, 0.5) is 0 Å². The molecule has 2 fully saturated rings. The minimum Gasteiger partial charge on any atom is -0.294 e. The van der Waals surface area contributed by atoms with Crippen LogP contribution in [0.3, 0.4) is 0 Å². The second-order valence-corrected chi connectivity index (χ2v) is 9.00. The highest BCUT2D eigenvalue weighted by atomic mass is 14.8. The fourth-order valence-electron chi connectivity index (χ4n) is 4.98. The zero-order valence-corrected chi connectivity index (χ0v) is 16.4. The number of rotatable bonds is 11. The number of fused-ring (bicyclic) bond motifs is 2. The molecular weight excluding hydrogens is 278 g/mol. The van der Waals surface area contributed by atoms with E-state index in [-0.39, 0.29) is 0 Å². The molecule has 2 rings (SSSR count). The lowest BCUT2D eigenvalue weighted by Crippen LogP contribution is -2.32. The Balaban J connectivity index is 1.53. The highest BCUT2D eigenvalue weighted by molar-refractivity contribution is 5.94. The van der Waals surface area contributed by atoms with Crippen molar-refractivity contribution in [1.82, 2.24) is 0 Å². The largest absolute Gasteiger partial charge is 0.294 e. The van der Waals surface area contributed by atoms with Gasteiger partial charge in [0.1, 0.15) is 0 Å². The van der Waals surface area contributed by atoms with Crippen LogP contribution in [0.15, 0.2) is 4.99 Å². The van der Waals surface area contributed by atoms with Gasteiger partial charge in [0.05, 0.1) is 0 Å². The molecule has 0 saturated heterocycles. The molecule has 2 unspecified atom stereocenters. The van der Waals surface area contributed by atoms with Gasteiger partial charge in [-0.15, -0.1) is 0 Å². The predicted molar refractivity (Wildman–Crippen MR) is 103 cm³/mol. The zero-order valence-electron chi connectivity index (χ0n) is 16.4. The van der Waals surface area contributed by atoms with Crippen LogP contribution < -0.4 is 0 Å². The van der Waals surface area contributed by atoms with Crippen LogP contribution in [-0.4, -0.2) is 12.3 Å². The van der Waals surface area contributed by atoms with Crippen LogP contribution in [0.1, 0.15) is 111 Å². The van der Waals surface area contributed by atoms with E-state index in [4.69, 9.17) is 4.99 Å². The number of hydrogen-bond donors (Lipinski definition) is 0. The van der Waals surface area contributed by atoms with Crippen LogP contribution in [0.2, 0.25) is 0 Å². The van der Waals surface area contributed by atoms with E-state index in [9.17, 15) is 0 Å². The first-order chi connectivity index (χ1) is 11.0. The van der Waals surface area contributed by atoms with Gasteiger partial charge in [-0.25, -0.2) is 0 Å². The first-order valence-corrected chi connectivity index (χ1v) is 10.6. The Morgan fingerprint density at radius 1 is 0.870 bits per heavy atom. The number of hydrogen-bond acceptors (Lipinski definition) is 1. The highest BCUT2D eigenvalue weighted by Crippen LogP contribution is 2.63. The van der Waals surface area contributed by atoms with Crippen molar-refractivity contribution in [3.8, 4) is 0 Å². The number of unbranched alkanes of at least 4 members (excludes halogenated alkanes) is 9. The Morgan fingerprint density at radius 2 is 1.43 bits per heavy atom. The summed E-state index contributed by atoms with van der Waals surface area (Å²) in [4.78, 5) is 5.06. The molecule has 0 amide bonds. The molecule has 0 heterocycles. The van der Waals surface area contributed by atoms with Gasteiger partial charge in [-0.2, -0.15) is 0 Å². The van der Waals surface area contributed by atoms with Crippen molar-refractivity contribution < 1.29 is 0 Å². The Hall–Kier alpha value is -0.330. The summed E-state index contributed by atoms with van der Waals surface area (Å²) in [5, 5.41) is 0. The van der Waals surface area contributed by atoms with Crippen molar-refractivity contribution in [2.45, 2.75) is 111 Å². The summed E-state index contributed by atoms with van der Waals surface area (Å²) in [6.45, 7) is 10.8. The maximum Gasteiger partial charge on any atom is 0.0388 e. The summed E-state index contributed by atoms with van der Waals surface area (Å²) >= 11 is 0. The van der Waals surface area contributed by atoms with Crippen molar-refractivity contribution in [2.24, 2.45) is 21.7 Å². The van der Waals surface area contributed by atoms with Crippen molar-refractivity contribution in [2.75, 3.05) is 6.54 Å². The standard InChI is InChI=1S/C22H41N/c1-5-6-7-8-9-10-11-12-13-14-17-23-20-18-19-15-16-22(20,4)21(19,2)3/h19H,5-18H2,1-4H3. The van der Waals surface area contributed by atoms with Gasteiger partial charge in [-0.3, -0.25) is 4.99 Å². The molecule has 0 aromatic heterocycles. The maximum atomic E-state index is 5.06. The molecule has 1 nitrogen and oxygen atoms in total. The van der Waals surface area contributed by atoms with Crippen LogP contribution in [-0.2, 0) is 0 Å². The average Bonchev–Trinajstić information content (AvgIpc) is 2.86. The molecule has 2 aliphatic rings. The summed E-state index contributed by atoms with van der Waals surface area (Å²) in [6, 6.07) is 0. The normalized spacial score (nSPS) is 30.4. The first kappa shape index (κ1) is 19.0. The molecule has 0 aromatic carbocycles. The lowest BCUT2D eigenvalue weighted by Gasteiger charge is -2.34. The highest BCUT2D eigenvalue weighted by Gasteiger charge is 2.59. The van der Waals surface area contributed by atoms with E-state index in [2.05, 4.69) is 27.7 Å². The second kappa shape index (κ2) is 8.67. The van der Waals surface area contributed by atoms with Gasteiger partial charge in [0.25, 0.3) is 0 Å². The van der Waals surface area contributed by atoms with Gasteiger partial charge in [0, 0.05) is 17.7 Å². The van der Waals surface area contributed by atoms with Crippen LogP contribution in [0, 0.1) is 16.7 Å². The predicted octanol–water partition coefficient (Wildman–Crippen LogP) is 7.19. The molecular formula is C22H41N. The molecule has 23 heavy (non-hydrogen) atoms. The third kappa shape index (κ3) is 4.40. The van der Waals surface area contributed by atoms with Crippen LogP contribution >= 0.6 is 0 Å². The Morgan fingerprint density at radius 3 is 1.91 bits per heavy atom. The fourth-order valence-corrected chi connectivity index (χ4v) is 4.98. The van der Waals surface area contributed by atoms with E-state index in [1.807, 2.05) is 0 Å². The van der Waals surface area contributed by atoms with E-state index >= 15 is 0 Å². The molecule has 2 bridgehead atoms. The molecule has 0 radical (unpaired) electrons. The monoisotopic (exact) mass is 319 g/mol. The summed E-state index contributed by atoms with van der Waals surface area (Å²) in [6.07, 6.45) is 18.2. The summed E-state index contributed by atoms with van der Waals surface area (Å²) in [5.41, 5.74) is 2.47. The van der Waals surface area contributed by atoms with E-state index < -0.39 is 0 Å². The van der Waals surface area contributed by atoms with Gasteiger partial charge in [0.2, 0.25) is 0 Å². The lowest BCUT2D eigenvalue weighted by molar-refractivity contribution is 0.194. The Bertz CT molecular complexity index is 381. The van der Waals surface area contributed by atoms with Crippen LogP contribution in [0.25, 0.3) is 0 Å². The minimum absolute atomic E-state index is 0.413. The molecule has 2 aliphatic carbocycles. The molecule has 0 aromatic rings. The van der Waals surface area contributed by atoms with Crippen molar-refractivity contribution >= 4 is 5.71 Å². The quantitative estimate of drug-likeness (QED) is 0.357. The molecule has 2 atom stereocenters. The Labute approximate surface area is 145 Å². The number of aliphatic imine (C=N–C) groups is 1. The third-order valence-corrected chi connectivity index (χ3v) is 7.33. The van der Waals surface area contributed by atoms with Crippen molar-refractivity contribution in [3.05, 3.63) is 0 Å². The van der Waals surface area contributed by atoms with Gasteiger partial charge in [0.15, 0.2) is 0 Å². The average molecular weight is 320 g/mol. The summed E-state index contributed by atoms with van der Waals surface area (Å²) in [7, 11) is 0. The second-order valence-electron chi connectivity index (χ2n) is 9.00. The van der Waals surface area contributed by atoms with E-state index in [1.54, 1.807) is 5.71 Å². The zero-order chi connectivity index (χ0) is 16.8. The van der Waals surface area contributed by atoms with Gasteiger partial charge >= 0.3 is 0 Å². The van der Waals surface area contributed by atoms with Crippen LogP contribution in [0.5, 0.6) is 0 Å². The topological polar surface area (TPSA) is 12.4 Å².